The van der Waals surface area contributed by atoms with Gasteiger partial charge in [-0.05, 0) is 15.8 Å². The third-order valence-electron chi connectivity index (χ3n) is 1.24. The van der Waals surface area contributed by atoms with E-state index in [4.69, 9.17) is 27.3 Å². The van der Waals surface area contributed by atoms with Crippen LogP contribution in [0.1, 0.15) is 5.56 Å². The summed E-state index contributed by atoms with van der Waals surface area (Å²) in [7, 11) is 10.8. The van der Waals surface area contributed by atoms with Crippen molar-refractivity contribution in [3.63, 3.8) is 0 Å². The van der Waals surface area contributed by atoms with Gasteiger partial charge in [-0.15, -0.1) is 15.9 Å². The smallest absolute Gasteiger partial charge is 0.164 e. The van der Waals surface area contributed by atoms with Gasteiger partial charge in [0.1, 0.15) is 0 Å². The summed E-state index contributed by atoms with van der Waals surface area (Å²) in [6.07, 6.45) is 1.31. The van der Waals surface area contributed by atoms with E-state index < -0.39 is 9.94 Å². The van der Waals surface area contributed by atoms with Gasteiger partial charge >= 0.3 is 0 Å². The summed E-state index contributed by atoms with van der Waals surface area (Å²) in [5.74, 6) is -0.645. The monoisotopic (exact) mass is 243 g/mol. The van der Waals surface area contributed by atoms with Gasteiger partial charge in [0.15, 0.2) is 11.0 Å². The second kappa shape index (κ2) is 3.38. The van der Waals surface area contributed by atoms with Gasteiger partial charge in [-0.1, -0.05) is 11.6 Å². The number of halogens is 3. The normalized spacial score (nSPS) is 11.6. The van der Waals surface area contributed by atoms with E-state index in [0.717, 1.165) is 6.07 Å². The molecule has 0 aliphatic rings. The van der Waals surface area contributed by atoms with Crippen molar-refractivity contribution < 1.29 is 4.39 Å². The van der Waals surface area contributed by atoms with Crippen LogP contribution >= 0.6 is 27.5 Å². The zero-order valence-electron chi connectivity index (χ0n) is 5.89. The number of alkyl halides is 1. The molecule has 1 nitrogen and oxygen atoms in total. The van der Waals surface area contributed by atoms with E-state index in [1.807, 2.05) is 0 Å². The van der Waals surface area contributed by atoms with Crippen LogP contribution in [-0.2, 0) is 4.12 Å². The standard InChI is InChI=1S/C6H2B2BrClFN/c7-6(8,9)3-1-4(11)5(10)12-2-3/h1-2H. The molecule has 0 aromatic carbocycles. The number of pyridine rings is 1. The Bertz CT molecular complexity index is 302. The van der Waals surface area contributed by atoms with Crippen molar-refractivity contribution in [3.8, 4) is 0 Å². The minimum Gasteiger partial charge on any atom is -0.241 e. The molecule has 0 amide bonds. The number of aromatic nitrogens is 1. The van der Waals surface area contributed by atoms with Crippen LogP contribution in [0.4, 0.5) is 4.39 Å². The minimum absolute atomic E-state index is 0.199. The predicted molar refractivity (Wildman–Crippen MR) is 51.3 cm³/mol. The number of nitrogens with zero attached hydrogens (tertiary/aromatic N) is 1. The molecule has 6 heteroatoms. The third kappa shape index (κ3) is 2.23. The maximum absolute atomic E-state index is 12.8. The molecule has 0 N–H and O–H groups in total. The predicted octanol–water partition coefficient (Wildman–Crippen LogP) is 1.72. The second-order valence-electron chi connectivity index (χ2n) is 2.26. The number of hydrogen-bond donors (Lipinski definition) is 0. The van der Waals surface area contributed by atoms with Crippen molar-refractivity contribution in [1.82, 2.24) is 4.98 Å². The molecule has 4 radical (unpaired) electrons. The van der Waals surface area contributed by atoms with Crippen LogP contribution in [-0.4, -0.2) is 20.7 Å². The molecule has 0 unspecified atom stereocenters. The highest BCUT2D eigenvalue weighted by Gasteiger charge is 2.16. The van der Waals surface area contributed by atoms with E-state index in [-0.39, 0.29) is 5.15 Å². The van der Waals surface area contributed by atoms with Crippen LogP contribution in [0.25, 0.3) is 0 Å². The molecular weight excluding hydrogens is 242 g/mol. The number of hydrogen-bond acceptors (Lipinski definition) is 1. The average molecular weight is 244 g/mol. The molecule has 0 aliphatic carbocycles. The van der Waals surface area contributed by atoms with Gasteiger partial charge in [0, 0.05) is 6.20 Å². The largest absolute Gasteiger partial charge is 0.241 e. The van der Waals surface area contributed by atoms with E-state index in [0.29, 0.717) is 5.56 Å². The van der Waals surface area contributed by atoms with Crippen molar-refractivity contribution in [2.24, 2.45) is 0 Å². The lowest BCUT2D eigenvalue weighted by atomic mass is 9.67. The Hall–Kier alpha value is -0.0201. The van der Waals surface area contributed by atoms with Gasteiger partial charge in [-0.3, -0.25) is 0 Å². The summed E-state index contributed by atoms with van der Waals surface area (Å²) in [5, 5.41) is -0.199. The zero-order valence-corrected chi connectivity index (χ0v) is 8.23. The quantitative estimate of drug-likeness (QED) is 0.416. The fourth-order valence-corrected chi connectivity index (χ4v) is 0.951. The second-order valence-corrected chi connectivity index (χ2v) is 3.93. The van der Waals surface area contributed by atoms with E-state index in [1.165, 1.54) is 6.20 Å². The summed E-state index contributed by atoms with van der Waals surface area (Å²) in [5.41, 5.74) is 0.324. The Morgan fingerprint density at radius 3 is 2.58 bits per heavy atom. The SMILES string of the molecule is [B]C([B])(Br)c1cnc(Cl)c(F)c1. The topological polar surface area (TPSA) is 12.9 Å². The van der Waals surface area contributed by atoms with Crippen LogP contribution in [0.2, 0.25) is 5.15 Å². The molecule has 0 aliphatic heterocycles. The Morgan fingerprint density at radius 2 is 2.17 bits per heavy atom. The van der Waals surface area contributed by atoms with Crippen LogP contribution in [0, 0.1) is 5.82 Å². The van der Waals surface area contributed by atoms with Crippen LogP contribution < -0.4 is 0 Å². The molecule has 1 rings (SSSR count). The maximum atomic E-state index is 12.8. The van der Waals surface area contributed by atoms with E-state index in [2.05, 4.69) is 20.9 Å². The van der Waals surface area contributed by atoms with Gasteiger partial charge in [0.2, 0.25) is 0 Å². The Labute approximate surface area is 85.7 Å². The molecule has 1 aromatic heterocycles. The lowest BCUT2D eigenvalue weighted by Crippen LogP contribution is -2.18. The first-order valence-corrected chi connectivity index (χ1v) is 4.16. The Morgan fingerprint density at radius 1 is 1.58 bits per heavy atom. The van der Waals surface area contributed by atoms with Crippen LogP contribution in [0.3, 0.4) is 0 Å². The minimum atomic E-state index is -1.27. The van der Waals surface area contributed by atoms with Crippen molar-refractivity contribution >= 4 is 43.2 Å². The first-order chi connectivity index (χ1) is 5.41. The molecule has 0 saturated carbocycles. The van der Waals surface area contributed by atoms with E-state index in [9.17, 15) is 4.39 Å². The molecule has 1 aromatic rings. The van der Waals surface area contributed by atoms with Crippen LogP contribution in [0.15, 0.2) is 12.3 Å². The highest BCUT2D eigenvalue weighted by molar-refractivity contribution is 9.10. The fourth-order valence-electron chi connectivity index (χ4n) is 0.631. The summed E-state index contributed by atoms with van der Waals surface area (Å²) >= 11 is 8.30. The molecular formula is C6H2B2BrClFN. The molecule has 0 atom stereocenters. The van der Waals surface area contributed by atoms with Crippen molar-refractivity contribution in [3.05, 3.63) is 28.8 Å². The first kappa shape index (κ1) is 10.1. The molecule has 0 spiro atoms. The summed E-state index contributed by atoms with van der Waals surface area (Å²) in [4.78, 5) is 3.55. The summed E-state index contributed by atoms with van der Waals surface area (Å²) in [6, 6.07) is 1.13. The van der Waals surface area contributed by atoms with Crippen LogP contribution in [0.5, 0.6) is 0 Å². The highest BCUT2D eigenvalue weighted by atomic mass is 79.9. The van der Waals surface area contributed by atoms with Crippen molar-refractivity contribution in [1.29, 1.82) is 0 Å². The summed E-state index contributed by atoms with van der Waals surface area (Å²) < 4.78 is 11.5. The average Bonchev–Trinajstić information content (AvgIpc) is 1.92. The lowest BCUT2D eigenvalue weighted by molar-refractivity contribution is 0.619. The van der Waals surface area contributed by atoms with Crippen molar-refractivity contribution in [2.75, 3.05) is 0 Å². The molecule has 1 heterocycles. The highest BCUT2D eigenvalue weighted by Crippen LogP contribution is 2.25. The molecule has 0 bridgehead atoms. The van der Waals surface area contributed by atoms with Crippen molar-refractivity contribution in [2.45, 2.75) is 4.12 Å². The Balaban J connectivity index is 3.14. The van der Waals surface area contributed by atoms with Gasteiger partial charge < -0.3 is 0 Å². The molecule has 0 saturated heterocycles. The van der Waals surface area contributed by atoms with E-state index in [1.54, 1.807) is 0 Å². The number of rotatable bonds is 1. The van der Waals surface area contributed by atoms with Gasteiger partial charge in [0.25, 0.3) is 0 Å². The molecule has 0 fully saturated rings. The van der Waals surface area contributed by atoms with Gasteiger partial charge in [0.05, 0.1) is 15.7 Å². The van der Waals surface area contributed by atoms with E-state index >= 15 is 0 Å². The lowest BCUT2D eigenvalue weighted by Gasteiger charge is -2.16. The zero-order chi connectivity index (χ0) is 9.35. The maximum Gasteiger partial charge on any atom is 0.164 e. The first-order valence-electron chi connectivity index (χ1n) is 2.99. The van der Waals surface area contributed by atoms with Gasteiger partial charge in [-0.25, -0.2) is 9.37 Å². The fraction of sp³-hybridized carbons (Fsp3) is 0.167. The molecule has 12 heavy (non-hydrogen) atoms. The summed E-state index contributed by atoms with van der Waals surface area (Å²) in [6.45, 7) is 0. The molecule has 58 valence electrons. The van der Waals surface area contributed by atoms with Gasteiger partial charge in [-0.2, -0.15) is 0 Å². The third-order valence-corrected chi connectivity index (χ3v) is 1.97. The Kier molecular flexibility index (Phi) is 2.84.